The van der Waals surface area contributed by atoms with E-state index in [2.05, 4.69) is 12.2 Å². The maximum absolute atomic E-state index is 11.5. The number of rotatable bonds is 6. The van der Waals surface area contributed by atoms with Crippen LogP contribution in [-0.4, -0.2) is 23.5 Å². The molecule has 1 N–H and O–H groups in total. The number of carbonyl (C=O) groups is 2. The third-order valence-corrected chi connectivity index (χ3v) is 2.11. The van der Waals surface area contributed by atoms with Crippen LogP contribution in [0.2, 0.25) is 0 Å². The third-order valence-electron chi connectivity index (χ3n) is 2.11. The summed E-state index contributed by atoms with van der Waals surface area (Å²) >= 11 is 0. The SMILES string of the molecule is CCCCC(=O)C[C@@H](C)NC(=O)OC(C)(C)C. The lowest BCUT2D eigenvalue weighted by atomic mass is 10.1. The zero-order valence-electron chi connectivity index (χ0n) is 11.6. The van der Waals surface area contributed by atoms with E-state index in [9.17, 15) is 9.59 Å². The number of unbranched alkanes of at least 4 members (excludes halogenated alkanes) is 1. The highest BCUT2D eigenvalue weighted by Gasteiger charge is 2.18. The van der Waals surface area contributed by atoms with E-state index in [0.717, 1.165) is 12.8 Å². The molecule has 1 amide bonds. The van der Waals surface area contributed by atoms with Crippen LogP contribution in [0.1, 0.15) is 60.3 Å². The molecule has 0 radical (unpaired) electrons. The molecule has 0 unspecified atom stereocenters. The second-order valence-corrected chi connectivity index (χ2v) is 5.39. The predicted molar refractivity (Wildman–Crippen MR) is 68.0 cm³/mol. The van der Waals surface area contributed by atoms with E-state index >= 15 is 0 Å². The fourth-order valence-corrected chi connectivity index (χ4v) is 1.38. The maximum Gasteiger partial charge on any atom is 0.407 e. The largest absolute Gasteiger partial charge is 0.444 e. The molecule has 1 atom stereocenters. The van der Waals surface area contributed by atoms with Crippen molar-refractivity contribution in [2.75, 3.05) is 0 Å². The highest BCUT2D eigenvalue weighted by atomic mass is 16.6. The average molecular weight is 243 g/mol. The lowest BCUT2D eigenvalue weighted by Gasteiger charge is -2.21. The lowest BCUT2D eigenvalue weighted by Crippen LogP contribution is -2.38. The molecule has 0 spiro atoms. The molecule has 4 heteroatoms. The molecular formula is C13H25NO3. The van der Waals surface area contributed by atoms with Gasteiger partial charge < -0.3 is 10.1 Å². The Morgan fingerprint density at radius 2 is 1.88 bits per heavy atom. The molecular weight excluding hydrogens is 218 g/mol. The standard InChI is InChI=1S/C13H25NO3/c1-6-7-8-11(15)9-10(2)14-12(16)17-13(3,4)5/h10H,6-9H2,1-5H3,(H,14,16)/t10-/m1/s1. The molecule has 0 aliphatic rings. The van der Waals surface area contributed by atoms with E-state index in [0.29, 0.717) is 12.8 Å². The molecule has 0 heterocycles. The van der Waals surface area contributed by atoms with Crippen LogP contribution < -0.4 is 5.32 Å². The van der Waals surface area contributed by atoms with Crippen LogP contribution in [0.3, 0.4) is 0 Å². The molecule has 0 rings (SSSR count). The maximum atomic E-state index is 11.5. The zero-order valence-corrected chi connectivity index (χ0v) is 11.6. The Labute approximate surface area is 104 Å². The lowest BCUT2D eigenvalue weighted by molar-refractivity contribution is -0.119. The van der Waals surface area contributed by atoms with Gasteiger partial charge in [-0.2, -0.15) is 0 Å². The number of Topliss-reactive ketones (excluding diaryl/α,β-unsaturated/α-hetero) is 1. The van der Waals surface area contributed by atoms with Crippen LogP contribution in [0, 0.1) is 0 Å². The van der Waals surface area contributed by atoms with Crippen molar-refractivity contribution >= 4 is 11.9 Å². The first-order chi connectivity index (χ1) is 7.74. The fraction of sp³-hybridized carbons (Fsp3) is 0.846. The van der Waals surface area contributed by atoms with Gasteiger partial charge in [-0.15, -0.1) is 0 Å². The van der Waals surface area contributed by atoms with Crippen LogP contribution in [-0.2, 0) is 9.53 Å². The van der Waals surface area contributed by atoms with Crippen LogP contribution in [0.4, 0.5) is 4.79 Å². The van der Waals surface area contributed by atoms with E-state index in [-0.39, 0.29) is 11.8 Å². The summed E-state index contributed by atoms with van der Waals surface area (Å²) in [7, 11) is 0. The van der Waals surface area contributed by atoms with Crippen molar-refractivity contribution in [2.24, 2.45) is 0 Å². The average Bonchev–Trinajstić information content (AvgIpc) is 2.10. The summed E-state index contributed by atoms with van der Waals surface area (Å²) in [6, 6.07) is -0.172. The Kier molecular flexibility index (Phi) is 6.85. The van der Waals surface area contributed by atoms with Crippen LogP contribution >= 0.6 is 0 Å². The normalized spacial score (nSPS) is 13.0. The van der Waals surface area contributed by atoms with Crippen molar-refractivity contribution in [3.63, 3.8) is 0 Å². The highest BCUT2D eigenvalue weighted by molar-refractivity contribution is 5.79. The van der Waals surface area contributed by atoms with Crippen LogP contribution in [0.5, 0.6) is 0 Å². The summed E-state index contributed by atoms with van der Waals surface area (Å²) in [5, 5.41) is 2.66. The monoisotopic (exact) mass is 243 g/mol. The van der Waals surface area contributed by atoms with Gasteiger partial charge in [-0.3, -0.25) is 4.79 Å². The molecule has 0 saturated carbocycles. The topological polar surface area (TPSA) is 55.4 Å². The molecule has 4 nitrogen and oxygen atoms in total. The quantitative estimate of drug-likeness (QED) is 0.780. The number of ether oxygens (including phenoxy) is 1. The number of hydrogen-bond donors (Lipinski definition) is 1. The number of alkyl carbamates (subject to hydrolysis) is 1. The summed E-state index contributed by atoms with van der Waals surface area (Å²) in [6.07, 6.45) is 2.43. The Morgan fingerprint density at radius 1 is 1.29 bits per heavy atom. The van der Waals surface area contributed by atoms with E-state index < -0.39 is 11.7 Å². The summed E-state index contributed by atoms with van der Waals surface area (Å²) in [4.78, 5) is 22.9. The summed E-state index contributed by atoms with van der Waals surface area (Å²) < 4.78 is 5.11. The molecule has 0 saturated heterocycles. The Hall–Kier alpha value is -1.06. The molecule has 0 aliphatic carbocycles. The molecule has 0 fully saturated rings. The van der Waals surface area contributed by atoms with E-state index in [1.54, 1.807) is 0 Å². The number of hydrogen-bond acceptors (Lipinski definition) is 3. The van der Waals surface area contributed by atoms with Crippen molar-refractivity contribution in [1.82, 2.24) is 5.32 Å². The first-order valence-corrected chi connectivity index (χ1v) is 6.25. The molecule has 0 aromatic heterocycles. The van der Waals surface area contributed by atoms with Gasteiger partial charge in [0.25, 0.3) is 0 Å². The van der Waals surface area contributed by atoms with E-state index in [4.69, 9.17) is 4.74 Å². The Balaban J connectivity index is 3.89. The summed E-state index contributed by atoms with van der Waals surface area (Å²) in [5.41, 5.74) is -0.504. The molecule has 100 valence electrons. The van der Waals surface area contributed by atoms with Gasteiger partial charge in [0.15, 0.2) is 0 Å². The molecule has 0 aliphatic heterocycles. The summed E-state index contributed by atoms with van der Waals surface area (Å²) in [5.74, 6) is 0.190. The van der Waals surface area contributed by atoms with Crippen molar-refractivity contribution in [3.8, 4) is 0 Å². The number of ketones is 1. The van der Waals surface area contributed by atoms with Crippen LogP contribution in [0.25, 0.3) is 0 Å². The van der Waals surface area contributed by atoms with Crippen LogP contribution in [0.15, 0.2) is 0 Å². The predicted octanol–water partition coefficient (Wildman–Crippen LogP) is 3.05. The van der Waals surface area contributed by atoms with Gasteiger partial charge in [-0.05, 0) is 34.1 Å². The number of carbonyl (C=O) groups excluding carboxylic acids is 2. The van der Waals surface area contributed by atoms with Crippen molar-refractivity contribution in [3.05, 3.63) is 0 Å². The number of amides is 1. The first kappa shape index (κ1) is 15.9. The van der Waals surface area contributed by atoms with Gasteiger partial charge in [-0.1, -0.05) is 13.3 Å². The molecule has 0 aromatic rings. The first-order valence-electron chi connectivity index (χ1n) is 6.25. The minimum atomic E-state index is -0.504. The smallest absolute Gasteiger partial charge is 0.407 e. The highest BCUT2D eigenvalue weighted by Crippen LogP contribution is 2.07. The Bertz CT molecular complexity index is 256. The molecule has 0 bridgehead atoms. The molecule has 17 heavy (non-hydrogen) atoms. The van der Waals surface area contributed by atoms with Gasteiger partial charge >= 0.3 is 6.09 Å². The summed E-state index contributed by atoms with van der Waals surface area (Å²) in [6.45, 7) is 9.29. The fourth-order valence-electron chi connectivity index (χ4n) is 1.38. The van der Waals surface area contributed by atoms with Gasteiger partial charge in [0.1, 0.15) is 11.4 Å². The van der Waals surface area contributed by atoms with Crippen molar-refractivity contribution in [1.29, 1.82) is 0 Å². The minimum absolute atomic E-state index is 0.172. The zero-order chi connectivity index (χ0) is 13.5. The van der Waals surface area contributed by atoms with Crippen molar-refractivity contribution < 1.29 is 14.3 Å². The van der Waals surface area contributed by atoms with Crippen molar-refractivity contribution in [2.45, 2.75) is 71.9 Å². The second-order valence-electron chi connectivity index (χ2n) is 5.39. The second kappa shape index (κ2) is 7.30. The van der Waals surface area contributed by atoms with E-state index in [1.165, 1.54) is 0 Å². The third kappa shape index (κ3) is 9.85. The molecule has 0 aromatic carbocycles. The van der Waals surface area contributed by atoms with Gasteiger partial charge in [0.2, 0.25) is 0 Å². The van der Waals surface area contributed by atoms with Gasteiger partial charge in [0.05, 0.1) is 0 Å². The number of nitrogens with one attached hydrogen (secondary N) is 1. The Morgan fingerprint density at radius 3 is 2.35 bits per heavy atom. The minimum Gasteiger partial charge on any atom is -0.444 e. The van der Waals surface area contributed by atoms with E-state index in [1.807, 2.05) is 27.7 Å². The van der Waals surface area contributed by atoms with Gasteiger partial charge in [-0.25, -0.2) is 4.79 Å². The van der Waals surface area contributed by atoms with Gasteiger partial charge in [0, 0.05) is 18.9 Å².